The Labute approximate surface area is 126 Å². The van der Waals surface area contributed by atoms with E-state index >= 15 is 0 Å². The fraction of sp³-hybridized carbons (Fsp3) is 0.500. The summed E-state index contributed by atoms with van der Waals surface area (Å²) in [5.74, 6) is 0. The van der Waals surface area contributed by atoms with E-state index in [0.29, 0.717) is 6.10 Å². The summed E-state index contributed by atoms with van der Waals surface area (Å²) < 4.78 is 5.73. The van der Waals surface area contributed by atoms with Crippen LogP contribution in [0.4, 0.5) is 0 Å². The second-order valence-corrected chi connectivity index (χ2v) is 5.99. The predicted molar refractivity (Wildman–Crippen MR) is 84.3 cm³/mol. The number of hydrogen-bond donors (Lipinski definition) is 1. The van der Waals surface area contributed by atoms with Crippen molar-refractivity contribution in [2.75, 3.05) is 6.61 Å². The Bertz CT molecular complexity index is 605. The molecule has 1 N–H and O–H groups in total. The molecule has 0 aliphatic carbocycles. The van der Waals surface area contributed by atoms with Gasteiger partial charge in [-0.15, -0.1) is 0 Å². The van der Waals surface area contributed by atoms with E-state index in [-0.39, 0.29) is 0 Å². The smallest absolute Gasteiger partial charge is 0.0791 e. The van der Waals surface area contributed by atoms with Crippen LogP contribution in [0.25, 0.3) is 10.9 Å². The van der Waals surface area contributed by atoms with E-state index in [1.54, 1.807) is 0 Å². The van der Waals surface area contributed by atoms with Crippen LogP contribution < -0.4 is 0 Å². The molecule has 0 saturated carbocycles. The predicted octanol–water partition coefficient (Wildman–Crippen LogP) is 3.93. The Morgan fingerprint density at radius 1 is 1.29 bits per heavy atom. The summed E-state index contributed by atoms with van der Waals surface area (Å²) in [6.07, 6.45) is 5.17. The molecule has 0 radical (unpaired) electrons. The molecule has 3 rings (SSSR count). The zero-order chi connectivity index (χ0) is 14.7. The maximum absolute atomic E-state index is 10.4. The van der Waals surface area contributed by atoms with E-state index in [4.69, 9.17) is 4.74 Å². The molecular formula is C18H23NO2. The van der Waals surface area contributed by atoms with Gasteiger partial charge in [0.15, 0.2) is 0 Å². The van der Waals surface area contributed by atoms with Gasteiger partial charge in [0, 0.05) is 17.7 Å². The topological polar surface area (TPSA) is 42.4 Å². The minimum absolute atomic E-state index is 0.332. The quantitative estimate of drug-likeness (QED) is 0.925. The fourth-order valence-corrected chi connectivity index (χ4v) is 3.00. The number of aromatic nitrogens is 1. The molecule has 21 heavy (non-hydrogen) atoms. The van der Waals surface area contributed by atoms with E-state index in [1.807, 2.05) is 31.2 Å². The number of rotatable bonds is 4. The number of nitrogens with zero attached hydrogens (tertiary/aromatic N) is 1. The second-order valence-electron chi connectivity index (χ2n) is 5.99. The van der Waals surface area contributed by atoms with E-state index in [9.17, 15) is 5.11 Å². The molecule has 1 aromatic heterocycles. The van der Waals surface area contributed by atoms with Gasteiger partial charge >= 0.3 is 0 Å². The van der Waals surface area contributed by atoms with Crippen LogP contribution in [0.5, 0.6) is 0 Å². The van der Waals surface area contributed by atoms with Gasteiger partial charge in [0.1, 0.15) is 0 Å². The van der Waals surface area contributed by atoms with Gasteiger partial charge in [0.05, 0.1) is 17.7 Å². The SMILES string of the molecule is Cc1ccc2cc(C(O)CCC3CCCCO3)ccc2n1. The first kappa shape index (κ1) is 14.5. The highest BCUT2D eigenvalue weighted by atomic mass is 16.5. The average molecular weight is 285 g/mol. The van der Waals surface area contributed by atoms with Gasteiger partial charge in [-0.25, -0.2) is 0 Å². The summed E-state index contributed by atoms with van der Waals surface area (Å²) >= 11 is 0. The lowest BCUT2D eigenvalue weighted by molar-refractivity contribution is 0.00214. The van der Waals surface area contributed by atoms with Crippen molar-refractivity contribution in [3.63, 3.8) is 0 Å². The first-order valence-corrected chi connectivity index (χ1v) is 7.89. The maximum atomic E-state index is 10.4. The Kier molecular flexibility index (Phi) is 4.51. The van der Waals surface area contributed by atoms with Crippen molar-refractivity contribution in [2.45, 2.75) is 51.2 Å². The second kappa shape index (κ2) is 6.54. The molecular weight excluding hydrogens is 262 g/mol. The van der Waals surface area contributed by atoms with Crippen molar-refractivity contribution in [3.8, 4) is 0 Å². The minimum atomic E-state index is -0.416. The van der Waals surface area contributed by atoms with Crippen LogP contribution in [-0.4, -0.2) is 22.8 Å². The average Bonchev–Trinajstić information content (AvgIpc) is 2.53. The number of fused-ring (bicyclic) bond motifs is 1. The lowest BCUT2D eigenvalue weighted by atomic mass is 9.98. The molecule has 3 nitrogen and oxygen atoms in total. The Morgan fingerprint density at radius 3 is 3.00 bits per heavy atom. The van der Waals surface area contributed by atoms with Gasteiger partial charge in [-0.05, 0) is 62.8 Å². The van der Waals surface area contributed by atoms with Crippen molar-refractivity contribution in [3.05, 3.63) is 41.6 Å². The highest BCUT2D eigenvalue weighted by molar-refractivity contribution is 5.79. The molecule has 0 spiro atoms. The molecule has 3 heteroatoms. The number of pyridine rings is 1. The van der Waals surface area contributed by atoms with Crippen molar-refractivity contribution >= 4 is 10.9 Å². The van der Waals surface area contributed by atoms with Crippen LogP contribution in [0.3, 0.4) is 0 Å². The number of benzene rings is 1. The first-order valence-electron chi connectivity index (χ1n) is 7.89. The van der Waals surface area contributed by atoms with Crippen LogP contribution in [0.15, 0.2) is 30.3 Å². The molecule has 2 unspecified atom stereocenters. The van der Waals surface area contributed by atoms with Crippen molar-refractivity contribution < 1.29 is 9.84 Å². The van der Waals surface area contributed by atoms with Crippen LogP contribution >= 0.6 is 0 Å². The zero-order valence-corrected chi connectivity index (χ0v) is 12.6. The van der Waals surface area contributed by atoms with Gasteiger partial charge in [-0.3, -0.25) is 4.98 Å². The molecule has 0 bridgehead atoms. The van der Waals surface area contributed by atoms with Crippen LogP contribution in [0.1, 0.15) is 49.5 Å². The molecule has 1 saturated heterocycles. The van der Waals surface area contributed by atoms with Gasteiger partial charge in [0.2, 0.25) is 0 Å². The van der Waals surface area contributed by atoms with Gasteiger partial charge < -0.3 is 9.84 Å². The van der Waals surface area contributed by atoms with Crippen molar-refractivity contribution in [2.24, 2.45) is 0 Å². The summed E-state index contributed by atoms with van der Waals surface area (Å²) in [6, 6.07) is 10.1. The largest absolute Gasteiger partial charge is 0.388 e. The zero-order valence-electron chi connectivity index (χ0n) is 12.6. The number of aryl methyl sites for hydroxylation is 1. The standard InChI is InChI=1S/C18H23NO2/c1-13-5-6-14-12-15(7-9-17(14)19-13)18(20)10-8-16-4-2-3-11-21-16/h5-7,9,12,16,18,20H,2-4,8,10-11H2,1H3. The number of aliphatic hydroxyl groups excluding tert-OH is 1. The number of hydrogen-bond acceptors (Lipinski definition) is 3. The molecule has 1 aromatic carbocycles. The maximum Gasteiger partial charge on any atom is 0.0791 e. The fourth-order valence-electron chi connectivity index (χ4n) is 3.00. The highest BCUT2D eigenvalue weighted by Crippen LogP contribution is 2.25. The van der Waals surface area contributed by atoms with Gasteiger partial charge in [0.25, 0.3) is 0 Å². The van der Waals surface area contributed by atoms with Crippen molar-refractivity contribution in [1.82, 2.24) is 4.98 Å². The number of ether oxygens (including phenoxy) is 1. The van der Waals surface area contributed by atoms with Gasteiger partial charge in [-0.1, -0.05) is 12.1 Å². The van der Waals surface area contributed by atoms with Crippen LogP contribution in [0.2, 0.25) is 0 Å². The van der Waals surface area contributed by atoms with Gasteiger partial charge in [-0.2, -0.15) is 0 Å². The third-order valence-electron chi connectivity index (χ3n) is 4.27. The Morgan fingerprint density at radius 2 is 2.19 bits per heavy atom. The summed E-state index contributed by atoms with van der Waals surface area (Å²) in [5.41, 5.74) is 2.98. The summed E-state index contributed by atoms with van der Waals surface area (Å²) in [5, 5.41) is 11.5. The summed E-state index contributed by atoms with van der Waals surface area (Å²) in [7, 11) is 0. The molecule has 1 aliphatic heterocycles. The van der Waals surface area contributed by atoms with E-state index < -0.39 is 6.10 Å². The molecule has 0 amide bonds. The minimum Gasteiger partial charge on any atom is -0.388 e. The molecule has 1 fully saturated rings. The highest BCUT2D eigenvalue weighted by Gasteiger charge is 2.16. The molecule has 112 valence electrons. The van der Waals surface area contributed by atoms with E-state index in [1.165, 1.54) is 12.8 Å². The van der Waals surface area contributed by atoms with Crippen molar-refractivity contribution in [1.29, 1.82) is 0 Å². The molecule has 2 atom stereocenters. The third-order valence-corrected chi connectivity index (χ3v) is 4.27. The molecule has 1 aliphatic rings. The third kappa shape index (κ3) is 3.60. The molecule has 2 heterocycles. The lowest BCUT2D eigenvalue weighted by Gasteiger charge is -2.23. The lowest BCUT2D eigenvalue weighted by Crippen LogP contribution is -2.19. The number of aliphatic hydroxyl groups is 1. The molecule has 2 aromatic rings. The normalized spacial score (nSPS) is 20.6. The van der Waals surface area contributed by atoms with E-state index in [2.05, 4.69) is 11.1 Å². The van der Waals surface area contributed by atoms with Crippen LogP contribution in [0, 0.1) is 6.92 Å². The van der Waals surface area contributed by atoms with Crippen LogP contribution in [-0.2, 0) is 4.74 Å². The Hall–Kier alpha value is -1.45. The van der Waals surface area contributed by atoms with E-state index in [0.717, 1.165) is 48.0 Å². The monoisotopic (exact) mass is 285 g/mol. The summed E-state index contributed by atoms with van der Waals surface area (Å²) in [4.78, 5) is 4.49. The summed E-state index contributed by atoms with van der Waals surface area (Å²) in [6.45, 7) is 2.87. The Balaban J connectivity index is 1.66. The first-order chi connectivity index (χ1) is 10.2.